The van der Waals surface area contributed by atoms with Crippen molar-refractivity contribution in [2.24, 2.45) is 0 Å². The van der Waals surface area contributed by atoms with Crippen LogP contribution in [0.15, 0.2) is 24.3 Å². The van der Waals surface area contributed by atoms with E-state index in [1.807, 2.05) is 12.1 Å². The number of hydrogen-bond acceptors (Lipinski definition) is 10. The molecule has 2 aliphatic rings. The molecule has 3 heterocycles. The van der Waals surface area contributed by atoms with Gasteiger partial charge in [0.1, 0.15) is 24.7 Å². The monoisotopic (exact) mass is 512 g/mol. The number of aliphatic hydroxyl groups is 2. The molecule has 34 heavy (non-hydrogen) atoms. The molecule has 5 N–H and O–H groups in total. The van der Waals surface area contributed by atoms with Gasteiger partial charge in [0, 0.05) is 0 Å². The number of benzene rings is 1. The first-order valence-electron chi connectivity index (χ1n) is 10.5. The lowest BCUT2D eigenvalue weighted by Crippen LogP contribution is -2.34. The van der Waals surface area contributed by atoms with E-state index >= 15 is 0 Å². The predicted molar refractivity (Wildman–Crippen MR) is 118 cm³/mol. The second-order valence-electron chi connectivity index (χ2n) is 8.19. The smallest absolute Gasteiger partial charge is 0.350 e. The second kappa shape index (κ2) is 9.10. The third kappa shape index (κ3) is 4.53. The third-order valence-corrected chi connectivity index (χ3v) is 6.55. The van der Waals surface area contributed by atoms with Crippen molar-refractivity contribution in [2.45, 2.75) is 43.4 Å². The summed E-state index contributed by atoms with van der Waals surface area (Å²) in [6.45, 7) is -0.351. The van der Waals surface area contributed by atoms with E-state index in [2.05, 4.69) is 37.7 Å². The van der Waals surface area contributed by atoms with Crippen molar-refractivity contribution in [1.82, 2.24) is 25.0 Å². The molecular formula is C19H22ClN6O7P. The number of aliphatic hydroxyl groups excluding tert-OH is 2. The highest BCUT2D eigenvalue weighted by Crippen LogP contribution is 2.37. The van der Waals surface area contributed by atoms with Gasteiger partial charge < -0.3 is 34.8 Å². The van der Waals surface area contributed by atoms with Crippen molar-refractivity contribution in [3.8, 4) is 0 Å². The van der Waals surface area contributed by atoms with Crippen molar-refractivity contribution in [3.63, 3.8) is 0 Å². The molecule has 0 saturated carbocycles. The largest absolute Gasteiger partial charge is 0.387 e. The fourth-order valence-corrected chi connectivity index (χ4v) is 4.81. The highest BCUT2D eigenvalue weighted by molar-refractivity contribution is 7.51. The standard InChI is InChI=1S/C19H22ClN6O7P/c20-19-22-16(21-11-6-5-9-3-1-2-4-10(9)11)13-17(23-19)26(25-24-13)18-15(28)14(27)12(33-18)7-32-8-34(29,30)31/h1-4,11-12,14-15,18,27-28H,5-8H2,(H,21,22,23)(H2,29,30,31)/t11?,12-,14-,15-,18-/m1/s1. The van der Waals surface area contributed by atoms with Crippen LogP contribution in [0.5, 0.6) is 0 Å². The molecule has 15 heteroatoms. The molecule has 5 atom stereocenters. The average molecular weight is 513 g/mol. The zero-order chi connectivity index (χ0) is 24.0. The maximum absolute atomic E-state index is 11.0. The molecule has 1 aromatic carbocycles. The molecule has 1 saturated heterocycles. The van der Waals surface area contributed by atoms with Crippen molar-refractivity contribution in [3.05, 3.63) is 40.7 Å². The molecule has 1 aliphatic carbocycles. The minimum atomic E-state index is -4.39. The van der Waals surface area contributed by atoms with Gasteiger partial charge in [0.05, 0.1) is 12.6 Å². The molecule has 1 unspecified atom stereocenters. The first kappa shape index (κ1) is 23.5. The molecule has 3 aromatic rings. The summed E-state index contributed by atoms with van der Waals surface area (Å²) in [5.41, 5.74) is 2.90. The van der Waals surface area contributed by atoms with Crippen LogP contribution in [0.2, 0.25) is 5.28 Å². The van der Waals surface area contributed by atoms with Crippen LogP contribution < -0.4 is 5.32 Å². The molecule has 0 amide bonds. The van der Waals surface area contributed by atoms with Crippen LogP contribution in [-0.4, -0.2) is 76.2 Å². The number of halogens is 1. The van der Waals surface area contributed by atoms with Gasteiger partial charge in [0.25, 0.3) is 0 Å². The summed E-state index contributed by atoms with van der Waals surface area (Å²) >= 11 is 6.17. The average Bonchev–Trinajstić information content (AvgIpc) is 3.45. The maximum atomic E-state index is 11.0. The van der Waals surface area contributed by atoms with Crippen molar-refractivity contribution in [2.75, 3.05) is 18.3 Å². The van der Waals surface area contributed by atoms with Crippen LogP contribution in [0.25, 0.3) is 11.2 Å². The summed E-state index contributed by atoms with van der Waals surface area (Å²) in [5.74, 6) is 0.373. The SMILES string of the molecule is O=P(O)(O)COC[C@H]1O[C@@H](n2nnc3c(NC4CCc5ccccc54)nc(Cl)nc32)[C@H](O)[C@@H]1O. The summed E-state index contributed by atoms with van der Waals surface area (Å²) in [6, 6.07) is 8.11. The number of hydrogen-bond donors (Lipinski definition) is 5. The number of rotatable bonds is 7. The van der Waals surface area contributed by atoms with Gasteiger partial charge in [-0.3, -0.25) is 4.57 Å². The van der Waals surface area contributed by atoms with E-state index < -0.39 is 38.5 Å². The lowest BCUT2D eigenvalue weighted by Gasteiger charge is -2.16. The molecule has 182 valence electrons. The quantitative estimate of drug-likeness (QED) is 0.221. The van der Waals surface area contributed by atoms with Gasteiger partial charge in [-0.1, -0.05) is 29.5 Å². The first-order valence-corrected chi connectivity index (χ1v) is 12.7. The normalized spacial score (nSPS) is 26.8. The van der Waals surface area contributed by atoms with Gasteiger partial charge >= 0.3 is 7.60 Å². The Kier molecular flexibility index (Phi) is 6.29. The number of nitrogens with zero attached hydrogens (tertiary/aromatic N) is 5. The lowest BCUT2D eigenvalue weighted by molar-refractivity contribution is -0.0665. The summed E-state index contributed by atoms with van der Waals surface area (Å²) in [6.07, 6.45) is -4.12. The van der Waals surface area contributed by atoms with Crippen LogP contribution >= 0.6 is 19.2 Å². The molecule has 2 aromatic heterocycles. The Morgan fingerprint density at radius 3 is 2.82 bits per heavy atom. The first-order chi connectivity index (χ1) is 16.2. The highest BCUT2D eigenvalue weighted by atomic mass is 35.5. The Labute approximate surface area is 197 Å². The van der Waals surface area contributed by atoms with E-state index in [4.69, 9.17) is 30.9 Å². The van der Waals surface area contributed by atoms with Gasteiger partial charge in [-0.15, -0.1) is 5.10 Å². The van der Waals surface area contributed by atoms with Crippen molar-refractivity contribution >= 4 is 36.2 Å². The van der Waals surface area contributed by atoms with E-state index in [0.29, 0.717) is 11.3 Å². The Bertz CT molecular complexity index is 1260. The van der Waals surface area contributed by atoms with Crippen LogP contribution in [0.1, 0.15) is 29.8 Å². The molecule has 5 rings (SSSR count). The lowest BCUT2D eigenvalue weighted by atomic mass is 10.1. The fraction of sp³-hybridized carbons (Fsp3) is 0.474. The number of aromatic nitrogens is 5. The van der Waals surface area contributed by atoms with Gasteiger partial charge in [-0.25, -0.2) is 0 Å². The molecular weight excluding hydrogens is 491 g/mol. The van der Waals surface area contributed by atoms with E-state index in [-0.39, 0.29) is 23.6 Å². The van der Waals surface area contributed by atoms with Crippen LogP contribution in [0, 0.1) is 0 Å². The van der Waals surface area contributed by atoms with E-state index in [9.17, 15) is 14.8 Å². The Morgan fingerprint density at radius 2 is 2.03 bits per heavy atom. The molecule has 0 radical (unpaired) electrons. The topological polar surface area (TPSA) is 185 Å². The predicted octanol–water partition coefficient (Wildman–Crippen LogP) is 0.745. The maximum Gasteiger partial charge on any atom is 0.350 e. The summed E-state index contributed by atoms with van der Waals surface area (Å²) in [4.78, 5) is 26.3. The molecule has 1 fully saturated rings. The van der Waals surface area contributed by atoms with E-state index in [1.54, 1.807) is 0 Å². The minimum Gasteiger partial charge on any atom is -0.387 e. The highest BCUT2D eigenvalue weighted by Gasteiger charge is 2.45. The molecule has 0 spiro atoms. The summed E-state index contributed by atoms with van der Waals surface area (Å²) < 4.78 is 22.8. The Morgan fingerprint density at radius 1 is 1.24 bits per heavy atom. The van der Waals surface area contributed by atoms with Gasteiger partial charge in [0.15, 0.2) is 23.2 Å². The Balaban J connectivity index is 1.39. The van der Waals surface area contributed by atoms with Gasteiger partial charge in [-0.2, -0.15) is 14.6 Å². The van der Waals surface area contributed by atoms with Crippen molar-refractivity contribution < 1.29 is 34.0 Å². The number of fused-ring (bicyclic) bond motifs is 2. The van der Waals surface area contributed by atoms with Gasteiger partial charge in [0.2, 0.25) is 5.28 Å². The molecule has 13 nitrogen and oxygen atoms in total. The van der Waals surface area contributed by atoms with Crippen LogP contribution in [0.4, 0.5) is 5.82 Å². The fourth-order valence-electron chi connectivity index (χ4n) is 4.30. The number of anilines is 1. The second-order valence-corrected chi connectivity index (χ2v) is 10.1. The number of nitrogens with one attached hydrogen (secondary N) is 1. The minimum absolute atomic E-state index is 0.00112. The van der Waals surface area contributed by atoms with Gasteiger partial charge in [-0.05, 0) is 35.6 Å². The molecule has 0 bridgehead atoms. The Hall–Kier alpha value is -2.22. The van der Waals surface area contributed by atoms with Crippen molar-refractivity contribution in [1.29, 1.82) is 0 Å². The summed E-state index contributed by atoms with van der Waals surface area (Å²) in [7, 11) is -4.39. The zero-order valence-corrected chi connectivity index (χ0v) is 19.2. The zero-order valence-electron chi connectivity index (χ0n) is 17.6. The third-order valence-electron chi connectivity index (χ3n) is 5.86. The van der Waals surface area contributed by atoms with E-state index in [0.717, 1.165) is 18.4 Å². The number of aryl methyl sites for hydroxylation is 1. The van der Waals surface area contributed by atoms with Crippen LogP contribution in [0.3, 0.4) is 0 Å². The number of ether oxygens (including phenoxy) is 2. The van der Waals surface area contributed by atoms with E-state index in [1.165, 1.54) is 10.2 Å². The summed E-state index contributed by atoms with van der Waals surface area (Å²) in [5, 5.41) is 32.3. The van der Waals surface area contributed by atoms with Crippen LogP contribution in [-0.2, 0) is 20.5 Å². The molecule has 1 aliphatic heterocycles.